The fourth-order valence-electron chi connectivity index (χ4n) is 2.30. The predicted molar refractivity (Wildman–Crippen MR) is 98.2 cm³/mol. The molecule has 2 rings (SSSR count). The Morgan fingerprint density at radius 2 is 1.88 bits per heavy atom. The van der Waals surface area contributed by atoms with Crippen LogP contribution in [0.1, 0.15) is 21.9 Å². The molecule has 1 aromatic carbocycles. The molecule has 0 aliphatic heterocycles. The number of hydrogen-bond donors (Lipinski definition) is 2. The van der Waals surface area contributed by atoms with Gasteiger partial charge in [0, 0.05) is 7.05 Å². The van der Waals surface area contributed by atoms with Crippen molar-refractivity contribution >= 4 is 35.0 Å². The fraction of sp³-hybridized carbons (Fsp3) is 0.278. The first-order chi connectivity index (χ1) is 12.3. The lowest BCUT2D eigenvalue weighted by Gasteiger charge is -2.17. The summed E-state index contributed by atoms with van der Waals surface area (Å²) in [5.74, 6) is -0.0824. The quantitative estimate of drug-likeness (QED) is 0.808. The van der Waals surface area contributed by atoms with E-state index in [4.69, 9.17) is 16.0 Å². The van der Waals surface area contributed by atoms with Gasteiger partial charge in [-0.1, -0.05) is 23.7 Å². The van der Waals surface area contributed by atoms with Gasteiger partial charge in [-0.3, -0.25) is 14.4 Å². The SMILES string of the molecule is Cc1cc(C(=O)NCC(=O)N(C)CC(=O)Nc2ccccc2Cl)c(C)o1. The molecule has 7 nitrogen and oxygen atoms in total. The molecule has 1 heterocycles. The lowest BCUT2D eigenvalue weighted by molar-refractivity contribution is -0.132. The van der Waals surface area contributed by atoms with Crippen molar-refractivity contribution in [3.05, 3.63) is 52.4 Å². The maximum atomic E-state index is 12.1. The summed E-state index contributed by atoms with van der Waals surface area (Å²) in [4.78, 5) is 37.4. The van der Waals surface area contributed by atoms with Crippen molar-refractivity contribution in [2.45, 2.75) is 13.8 Å². The second-order valence-corrected chi connectivity index (χ2v) is 6.19. The number of nitrogens with one attached hydrogen (secondary N) is 2. The van der Waals surface area contributed by atoms with Gasteiger partial charge in [0.05, 0.1) is 29.4 Å². The van der Waals surface area contributed by atoms with Crippen LogP contribution in [0.3, 0.4) is 0 Å². The van der Waals surface area contributed by atoms with Gasteiger partial charge in [-0.2, -0.15) is 0 Å². The van der Waals surface area contributed by atoms with Gasteiger partial charge < -0.3 is 20.0 Å². The summed E-state index contributed by atoms with van der Waals surface area (Å²) in [6, 6.07) is 8.42. The first-order valence-electron chi connectivity index (χ1n) is 7.91. The largest absolute Gasteiger partial charge is 0.466 e. The minimum Gasteiger partial charge on any atom is -0.466 e. The van der Waals surface area contributed by atoms with Gasteiger partial charge in [0.15, 0.2) is 0 Å². The van der Waals surface area contributed by atoms with Gasteiger partial charge in [0.2, 0.25) is 11.8 Å². The molecule has 26 heavy (non-hydrogen) atoms. The Balaban J connectivity index is 1.83. The smallest absolute Gasteiger partial charge is 0.255 e. The topological polar surface area (TPSA) is 91.7 Å². The number of amides is 3. The first-order valence-corrected chi connectivity index (χ1v) is 8.29. The summed E-state index contributed by atoms with van der Waals surface area (Å²) in [5.41, 5.74) is 0.855. The molecule has 2 N–H and O–H groups in total. The molecule has 0 aliphatic rings. The van der Waals surface area contributed by atoms with E-state index in [0.29, 0.717) is 27.8 Å². The molecular formula is C18H20ClN3O4. The van der Waals surface area contributed by atoms with Crippen LogP contribution in [-0.2, 0) is 9.59 Å². The molecule has 8 heteroatoms. The zero-order valence-electron chi connectivity index (χ0n) is 14.8. The van der Waals surface area contributed by atoms with Gasteiger partial charge in [0.25, 0.3) is 5.91 Å². The Hall–Kier alpha value is -2.80. The molecule has 0 unspecified atom stereocenters. The molecule has 0 saturated carbocycles. The molecule has 1 aromatic heterocycles. The number of likely N-dealkylation sites (N-methyl/N-ethyl adjacent to an activating group) is 1. The lowest BCUT2D eigenvalue weighted by Crippen LogP contribution is -2.41. The number of aryl methyl sites for hydroxylation is 2. The van der Waals surface area contributed by atoms with E-state index in [-0.39, 0.29) is 19.0 Å². The van der Waals surface area contributed by atoms with Crippen LogP contribution in [0, 0.1) is 13.8 Å². The molecule has 3 amide bonds. The van der Waals surface area contributed by atoms with Crippen molar-refractivity contribution in [3.8, 4) is 0 Å². The van der Waals surface area contributed by atoms with Crippen LogP contribution in [0.5, 0.6) is 0 Å². The third-order valence-electron chi connectivity index (χ3n) is 3.64. The van der Waals surface area contributed by atoms with Crippen molar-refractivity contribution in [1.29, 1.82) is 0 Å². The zero-order valence-corrected chi connectivity index (χ0v) is 15.5. The maximum Gasteiger partial charge on any atom is 0.255 e. The van der Waals surface area contributed by atoms with Crippen LogP contribution in [0.25, 0.3) is 0 Å². The monoisotopic (exact) mass is 377 g/mol. The highest BCUT2D eigenvalue weighted by Crippen LogP contribution is 2.20. The van der Waals surface area contributed by atoms with Crippen molar-refractivity contribution in [3.63, 3.8) is 0 Å². The second kappa shape index (κ2) is 8.53. The molecule has 0 fully saturated rings. The number of hydrogen-bond acceptors (Lipinski definition) is 4. The van der Waals surface area contributed by atoms with Crippen LogP contribution >= 0.6 is 11.6 Å². The van der Waals surface area contributed by atoms with Gasteiger partial charge >= 0.3 is 0 Å². The molecule has 0 radical (unpaired) electrons. The number of carbonyl (C=O) groups is 3. The highest BCUT2D eigenvalue weighted by Gasteiger charge is 2.17. The summed E-state index contributed by atoms with van der Waals surface area (Å²) >= 11 is 5.97. The first kappa shape index (κ1) is 19.5. The number of anilines is 1. The Bertz CT molecular complexity index is 832. The van der Waals surface area contributed by atoms with E-state index in [1.54, 1.807) is 44.2 Å². The number of benzene rings is 1. The minimum atomic E-state index is -0.401. The number of nitrogens with zero attached hydrogens (tertiary/aromatic N) is 1. The maximum absolute atomic E-state index is 12.1. The Morgan fingerprint density at radius 1 is 1.19 bits per heavy atom. The molecule has 0 aliphatic carbocycles. The number of rotatable bonds is 6. The predicted octanol–water partition coefficient (Wildman–Crippen LogP) is 2.38. The standard InChI is InChI=1S/C18H20ClN3O4/c1-11-8-13(12(2)26-11)18(25)20-9-17(24)22(3)10-16(23)21-15-7-5-4-6-14(15)19/h4-8H,9-10H2,1-3H3,(H,20,25)(H,21,23). The van der Waals surface area contributed by atoms with E-state index < -0.39 is 11.8 Å². The fourth-order valence-corrected chi connectivity index (χ4v) is 2.48. The van der Waals surface area contributed by atoms with E-state index in [1.807, 2.05) is 0 Å². The number of carbonyl (C=O) groups excluding carboxylic acids is 3. The molecule has 0 saturated heterocycles. The lowest BCUT2D eigenvalue weighted by atomic mass is 10.2. The Labute approximate surface area is 156 Å². The number of halogens is 1. The summed E-state index contributed by atoms with van der Waals surface area (Å²) in [5, 5.41) is 5.57. The van der Waals surface area contributed by atoms with Gasteiger partial charge in [-0.25, -0.2) is 0 Å². The van der Waals surface area contributed by atoms with E-state index in [2.05, 4.69) is 10.6 Å². The molecule has 0 spiro atoms. The average molecular weight is 378 g/mol. The summed E-state index contributed by atoms with van der Waals surface area (Å²) in [7, 11) is 1.48. The minimum absolute atomic E-state index is 0.163. The number of furan rings is 1. The van der Waals surface area contributed by atoms with E-state index >= 15 is 0 Å². The van der Waals surface area contributed by atoms with Crippen LogP contribution in [0.2, 0.25) is 5.02 Å². The summed E-state index contributed by atoms with van der Waals surface area (Å²) in [6.07, 6.45) is 0. The van der Waals surface area contributed by atoms with Crippen molar-refractivity contribution in [1.82, 2.24) is 10.2 Å². The van der Waals surface area contributed by atoms with E-state index in [1.165, 1.54) is 11.9 Å². The Morgan fingerprint density at radius 3 is 2.50 bits per heavy atom. The Kier molecular flexibility index (Phi) is 6.41. The van der Waals surface area contributed by atoms with E-state index in [9.17, 15) is 14.4 Å². The molecule has 0 bridgehead atoms. The summed E-state index contributed by atoms with van der Waals surface area (Å²) < 4.78 is 5.29. The van der Waals surface area contributed by atoms with Crippen molar-refractivity contribution in [2.75, 3.05) is 25.5 Å². The van der Waals surface area contributed by atoms with Gasteiger partial charge in [-0.15, -0.1) is 0 Å². The van der Waals surface area contributed by atoms with Crippen LogP contribution < -0.4 is 10.6 Å². The second-order valence-electron chi connectivity index (χ2n) is 5.79. The summed E-state index contributed by atoms with van der Waals surface area (Å²) in [6.45, 7) is 3.03. The highest BCUT2D eigenvalue weighted by atomic mass is 35.5. The van der Waals surface area contributed by atoms with Crippen LogP contribution in [0.15, 0.2) is 34.7 Å². The van der Waals surface area contributed by atoms with Crippen molar-refractivity contribution < 1.29 is 18.8 Å². The van der Waals surface area contributed by atoms with Crippen LogP contribution in [-0.4, -0.2) is 42.8 Å². The van der Waals surface area contributed by atoms with Crippen molar-refractivity contribution in [2.24, 2.45) is 0 Å². The molecule has 138 valence electrons. The molecule has 0 atom stereocenters. The highest BCUT2D eigenvalue weighted by molar-refractivity contribution is 6.33. The molecular weight excluding hydrogens is 358 g/mol. The van der Waals surface area contributed by atoms with E-state index in [0.717, 1.165) is 0 Å². The average Bonchev–Trinajstić information content (AvgIpc) is 2.92. The third-order valence-corrected chi connectivity index (χ3v) is 3.97. The normalized spacial score (nSPS) is 10.3. The van der Waals surface area contributed by atoms with Gasteiger partial charge in [-0.05, 0) is 32.0 Å². The number of para-hydroxylation sites is 1. The molecule has 2 aromatic rings. The van der Waals surface area contributed by atoms with Gasteiger partial charge in [0.1, 0.15) is 11.5 Å². The zero-order chi connectivity index (χ0) is 19.3. The van der Waals surface area contributed by atoms with Crippen LogP contribution in [0.4, 0.5) is 5.69 Å². The third kappa shape index (κ3) is 5.10.